The van der Waals surface area contributed by atoms with Crippen molar-refractivity contribution in [2.45, 2.75) is 50.6 Å². The number of carbonyl (C=O) groups excluding carboxylic acids is 2. The first-order valence-electron chi connectivity index (χ1n) is 11.5. The summed E-state index contributed by atoms with van der Waals surface area (Å²) >= 11 is 0. The minimum Gasteiger partial charge on any atom is -0.338 e. The van der Waals surface area contributed by atoms with E-state index >= 15 is 0 Å². The van der Waals surface area contributed by atoms with E-state index in [1.807, 2.05) is 49.1 Å². The molecule has 2 aromatic rings. The van der Waals surface area contributed by atoms with Gasteiger partial charge < -0.3 is 9.80 Å². The van der Waals surface area contributed by atoms with Gasteiger partial charge in [0.05, 0.1) is 11.4 Å². The summed E-state index contributed by atoms with van der Waals surface area (Å²) in [5, 5.41) is 0. The summed E-state index contributed by atoms with van der Waals surface area (Å²) in [6.07, 6.45) is 2.49. The lowest BCUT2D eigenvalue weighted by molar-refractivity contribution is -0.131. The third kappa shape index (κ3) is 4.82. The van der Waals surface area contributed by atoms with E-state index < -0.39 is 10.0 Å². The molecule has 0 unspecified atom stereocenters. The molecular weight excluding hydrogens is 438 g/mol. The van der Waals surface area contributed by atoms with E-state index in [9.17, 15) is 18.0 Å². The summed E-state index contributed by atoms with van der Waals surface area (Å²) < 4.78 is 27.6. The van der Waals surface area contributed by atoms with Crippen LogP contribution in [0.3, 0.4) is 0 Å². The first-order valence-corrected chi connectivity index (χ1v) is 12.9. The number of carbonyl (C=O) groups is 2. The number of anilines is 1. The molecule has 0 radical (unpaired) electrons. The van der Waals surface area contributed by atoms with Crippen LogP contribution >= 0.6 is 0 Å². The third-order valence-electron chi connectivity index (χ3n) is 6.45. The van der Waals surface area contributed by atoms with Crippen molar-refractivity contribution in [2.24, 2.45) is 5.92 Å². The number of nitrogens with zero attached hydrogens (tertiary/aromatic N) is 3. The number of rotatable bonds is 8. The minimum atomic E-state index is -3.85. The maximum atomic E-state index is 13.2. The van der Waals surface area contributed by atoms with Crippen molar-refractivity contribution in [3.8, 4) is 0 Å². The van der Waals surface area contributed by atoms with Crippen LogP contribution in [0.4, 0.5) is 5.69 Å². The average Bonchev–Trinajstić information content (AvgIpc) is 3.59. The number of likely N-dealkylation sites (N-methyl/N-ethyl adjacent to an activating group) is 2. The molecule has 176 valence electrons. The summed E-state index contributed by atoms with van der Waals surface area (Å²) in [4.78, 5) is 29.1. The topological polar surface area (TPSA) is 78.0 Å². The Morgan fingerprint density at radius 3 is 2.42 bits per heavy atom. The largest absolute Gasteiger partial charge is 0.338 e. The highest BCUT2D eigenvalue weighted by molar-refractivity contribution is 7.89. The van der Waals surface area contributed by atoms with E-state index in [4.69, 9.17) is 0 Å². The highest BCUT2D eigenvalue weighted by Gasteiger charge is 2.40. The molecule has 2 amide bonds. The van der Waals surface area contributed by atoms with Crippen LogP contribution in [0.2, 0.25) is 0 Å². The van der Waals surface area contributed by atoms with Crippen molar-refractivity contribution < 1.29 is 18.0 Å². The predicted molar refractivity (Wildman–Crippen MR) is 127 cm³/mol. The fraction of sp³-hybridized carbons (Fsp3) is 0.440. The quantitative estimate of drug-likeness (QED) is 0.595. The van der Waals surface area contributed by atoms with Gasteiger partial charge in [-0.05, 0) is 62.4 Å². The Bertz CT molecular complexity index is 1150. The summed E-state index contributed by atoms with van der Waals surface area (Å²) in [6, 6.07) is 14.6. The van der Waals surface area contributed by atoms with Crippen molar-refractivity contribution in [3.63, 3.8) is 0 Å². The number of hydrogen-bond acceptors (Lipinski definition) is 4. The van der Waals surface area contributed by atoms with Gasteiger partial charge in [-0.15, -0.1) is 0 Å². The van der Waals surface area contributed by atoms with Gasteiger partial charge in [0, 0.05) is 37.8 Å². The zero-order valence-electron chi connectivity index (χ0n) is 19.4. The second-order valence-electron chi connectivity index (χ2n) is 8.98. The van der Waals surface area contributed by atoms with Crippen LogP contribution in [-0.4, -0.2) is 55.6 Å². The molecule has 7 nitrogen and oxygen atoms in total. The molecule has 8 heteroatoms. The van der Waals surface area contributed by atoms with E-state index in [1.165, 1.54) is 7.05 Å². The minimum absolute atomic E-state index is 0.0152. The van der Waals surface area contributed by atoms with Gasteiger partial charge in [0.15, 0.2) is 0 Å². The molecule has 2 aliphatic rings. The molecule has 1 aliphatic carbocycles. The van der Waals surface area contributed by atoms with E-state index in [-0.39, 0.29) is 35.2 Å². The van der Waals surface area contributed by atoms with Crippen LogP contribution in [0.1, 0.15) is 37.8 Å². The van der Waals surface area contributed by atoms with Crippen molar-refractivity contribution >= 4 is 27.5 Å². The highest BCUT2D eigenvalue weighted by Crippen LogP contribution is 2.39. The van der Waals surface area contributed by atoms with Crippen LogP contribution < -0.4 is 4.90 Å². The van der Waals surface area contributed by atoms with Gasteiger partial charge >= 0.3 is 0 Å². The molecule has 0 spiro atoms. The molecule has 1 saturated carbocycles. The smallest absolute Gasteiger partial charge is 0.243 e. The second kappa shape index (κ2) is 9.27. The average molecular weight is 470 g/mol. The normalized spacial score (nSPS) is 17.8. The Morgan fingerprint density at radius 1 is 1.09 bits per heavy atom. The molecule has 0 saturated heterocycles. The molecule has 33 heavy (non-hydrogen) atoms. The second-order valence-corrected chi connectivity index (χ2v) is 11.0. The molecule has 1 heterocycles. The van der Waals surface area contributed by atoms with Gasteiger partial charge in [-0.25, -0.2) is 8.42 Å². The molecule has 0 aromatic heterocycles. The zero-order valence-corrected chi connectivity index (χ0v) is 20.2. The van der Waals surface area contributed by atoms with Crippen molar-refractivity contribution in [2.75, 3.05) is 25.0 Å². The van der Waals surface area contributed by atoms with E-state index in [0.29, 0.717) is 19.5 Å². The van der Waals surface area contributed by atoms with Gasteiger partial charge in [-0.2, -0.15) is 4.31 Å². The van der Waals surface area contributed by atoms with Crippen molar-refractivity contribution in [1.82, 2.24) is 9.21 Å². The SMILES string of the molecule is CCN(Cc1ccccc1)C(=O)CN(C)S(=O)(=O)c1ccc2c(c1)C[C@H](C)N2C(=O)C1CC1. The van der Waals surface area contributed by atoms with Crippen molar-refractivity contribution in [3.05, 3.63) is 59.7 Å². The van der Waals surface area contributed by atoms with Crippen molar-refractivity contribution in [1.29, 1.82) is 0 Å². The van der Waals surface area contributed by atoms with E-state index in [0.717, 1.165) is 34.0 Å². The monoisotopic (exact) mass is 469 g/mol. The van der Waals surface area contributed by atoms with Crippen LogP contribution in [-0.2, 0) is 32.6 Å². The van der Waals surface area contributed by atoms with Gasteiger partial charge in [0.2, 0.25) is 21.8 Å². The Morgan fingerprint density at radius 2 is 1.79 bits per heavy atom. The lowest BCUT2D eigenvalue weighted by Gasteiger charge is -2.25. The maximum Gasteiger partial charge on any atom is 0.243 e. The fourth-order valence-corrected chi connectivity index (χ4v) is 5.54. The molecule has 1 aliphatic heterocycles. The lowest BCUT2D eigenvalue weighted by atomic mass is 10.1. The highest BCUT2D eigenvalue weighted by atomic mass is 32.2. The van der Waals surface area contributed by atoms with Gasteiger partial charge in [-0.3, -0.25) is 9.59 Å². The molecule has 4 rings (SSSR count). The van der Waals surface area contributed by atoms with Crippen LogP contribution in [0.5, 0.6) is 0 Å². The van der Waals surface area contributed by atoms with Crippen LogP contribution in [0.15, 0.2) is 53.4 Å². The van der Waals surface area contributed by atoms with Gasteiger partial charge in [0.1, 0.15) is 0 Å². The molecule has 0 N–H and O–H groups in total. The fourth-order valence-electron chi connectivity index (χ4n) is 4.37. The van der Waals surface area contributed by atoms with E-state index in [1.54, 1.807) is 23.1 Å². The Kier molecular flexibility index (Phi) is 6.59. The van der Waals surface area contributed by atoms with Crippen LogP contribution in [0.25, 0.3) is 0 Å². The molecular formula is C25H31N3O4S. The predicted octanol–water partition coefficient (Wildman–Crippen LogP) is 3.04. The third-order valence-corrected chi connectivity index (χ3v) is 8.25. The lowest BCUT2D eigenvalue weighted by Crippen LogP contribution is -2.40. The number of sulfonamides is 1. The number of benzene rings is 2. The standard InChI is InChI=1S/C25H31N3O4S/c1-4-27(16-19-8-6-5-7-9-19)24(29)17-26(3)33(31,32)22-12-13-23-21(15-22)14-18(2)28(23)25(30)20-10-11-20/h5-9,12-13,15,18,20H,4,10-11,14,16-17H2,1-3H3/t18-/m0/s1. The number of hydrogen-bond donors (Lipinski definition) is 0. The summed E-state index contributed by atoms with van der Waals surface area (Å²) in [5.41, 5.74) is 2.66. The molecule has 1 fully saturated rings. The zero-order chi connectivity index (χ0) is 23.8. The summed E-state index contributed by atoms with van der Waals surface area (Å²) in [5.74, 6) is -0.00240. The number of fused-ring (bicyclic) bond motifs is 1. The first kappa shape index (κ1) is 23.4. The first-order chi connectivity index (χ1) is 15.7. The summed E-state index contributed by atoms with van der Waals surface area (Å²) in [6.45, 7) is 4.56. The maximum absolute atomic E-state index is 13.2. The number of amides is 2. The molecule has 1 atom stereocenters. The molecule has 0 bridgehead atoms. The summed E-state index contributed by atoms with van der Waals surface area (Å²) in [7, 11) is -2.41. The Labute approximate surface area is 196 Å². The van der Waals surface area contributed by atoms with Gasteiger partial charge in [-0.1, -0.05) is 30.3 Å². The van der Waals surface area contributed by atoms with Gasteiger partial charge in [0.25, 0.3) is 0 Å². The molecule has 2 aromatic carbocycles. The van der Waals surface area contributed by atoms with Crippen LogP contribution in [0, 0.1) is 5.92 Å². The van der Waals surface area contributed by atoms with E-state index in [2.05, 4.69) is 0 Å². The Hall–Kier alpha value is -2.71. The Balaban J connectivity index is 1.48.